The van der Waals surface area contributed by atoms with Gasteiger partial charge in [0.05, 0.1) is 0 Å². The molecule has 0 saturated carbocycles. The lowest BCUT2D eigenvalue weighted by Crippen LogP contribution is -1.93. The Morgan fingerprint density at radius 1 is 1.56 bits per heavy atom. The van der Waals surface area contributed by atoms with Crippen molar-refractivity contribution in [1.29, 1.82) is 0 Å². The number of rotatable bonds is 0. The molecule has 0 amide bonds. The molecule has 0 nitrogen and oxygen atoms in total. The van der Waals surface area contributed by atoms with Gasteiger partial charge in [-0.2, -0.15) is 0 Å². The van der Waals surface area contributed by atoms with Crippen molar-refractivity contribution in [3.8, 4) is 0 Å². The van der Waals surface area contributed by atoms with E-state index >= 15 is 0 Å². The fourth-order valence-electron chi connectivity index (χ4n) is 1.14. The van der Waals surface area contributed by atoms with Gasteiger partial charge in [-0.25, -0.2) is 0 Å². The Hall–Kier alpha value is 0.220. The largest absolute Gasteiger partial charge is 0.0890 e. The van der Waals surface area contributed by atoms with Crippen LogP contribution in [0.3, 0.4) is 0 Å². The van der Waals surface area contributed by atoms with Crippen LogP contribution in [0.4, 0.5) is 0 Å². The van der Waals surface area contributed by atoms with Crippen LogP contribution in [0.15, 0.2) is 11.6 Å². The van der Waals surface area contributed by atoms with E-state index in [1.165, 1.54) is 25.7 Å². The predicted molar refractivity (Wildman–Crippen MR) is 44.9 cm³/mol. The first-order valence-corrected chi connectivity index (χ1v) is 4.50. The van der Waals surface area contributed by atoms with Gasteiger partial charge in [-0.15, -0.1) is 0 Å². The lowest BCUT2D eigenvalue weighted by Gasteiger charge is -2.01. The maximum Gasteiger partial charge on any atom is 0.0151 e. The monoisotopic (exact) mass is 188 g/mol. The summed E-state index contributed by atoms with van der Waals surface area (Å²) >= 11 is 3.63. The van der Waals surface area contributed by atoms with Gasteiger partial charge in [-0.05, 0) is 32.6 Å². The van der Waals surface area contributed by atoms with Crippen molar-refractivity contribution in [2.75, 3.05) is 0 Å². The third-order valence-electron chi connectivity index (χ3n) is 1.82. The van der Waals surface area contributed by atoms with E-state index in [1.54, 1.807) is 5.57 Å². The first kappa shape index (κ1) is 7.33. The molecule has 52 valence electrons. The molecular formula is C8H13Br. The zero-order valence-electron chi connectivity index (χ0n) is 5.86. The molecule has 1 aliphatic carbocycles. The van der Waals surface area contributed by atoms with Crippen LogP contribution in [0.25, 0.3) is 0 Å². The van der Waals surface area contributed by atoms with Crippen molar-refractivity contribution in [1.82, 2.24) is 0 Å². The quantitative estimate of drug-likeness (QED) is 0.405. The first-order chi connectivity index (χ1) is 4.29. The fraction of sp³-hybridized carbons (Fsp3) is 0.750. The molecule has 0 N–H and O–H groups in total. The second-order valence-corrected chi connectivity index (χ2v) is 4.06. The summed E-state index contributed by atoms with van der Waals surface area (Å²) in [7, 11) is 0. The van der Waals surface area contributed by atoms with Crippen LogP contribution in [0.2, 0.25) is 0 Å². The summed E-state index contributed by atoms with van der Waals surface area (Å²) in [6.07, 6.45) is 7.55. The normalized spacial score (nSPS) is 29.1. The highest BCUT2D eigenvalue weighted by atomic mass is 79.9. The minimum absolute atomic E-state index is 0.770. The van der Waals surface area contributed by atoms with Gasteiger partial charge >= 0.3 is 0 Å². The van der Waals surface area contributed by atoms with Crippen LogP contribution in [0.5, 0.6) is 0 Å². The molecule has 1 heteroatoms. The SMILES string of the molecule is CC1=CCCC(Br)CC1. The molecule has 0 spiro atoms. The average molecular weight is 189 g/mol. The summed E-state index contributed by atoms with van der Waals surface area (Å²) in [5.41, 5.74) is 1.57. The smallest absolute Gasteiger partial charge is 0.0151 e. The molecule has 0 saturated heterocycles. The molecule has 1 rings (SSSR count). The second kappa shape index (κ2) is 3.40. The Labute approximate surface area is 65.5 Å². The molecule has 0 aromatic carbocycles. The number of halogens is 1. The minimum Gasteiger partial charge on any atom is -0.0890 e. The molecule has 1 aliphatic rings. The van der Waals surface area contributed by atoms with Crippen molar-refractivity contribution in [2.45, 2.75) is 37.4 Å². The van der Waals surface area contributed by atoms with Crippen molar-refractivity contribution in [3.63, 3.8) is 0 Å². The van der Waals surface area contributed by atoms with Crippen LogP contribution in [-0.4, -0.2) is 4.83 Å². The Balaban J connectivity index is 2.39. The summed E-state index contributed by atoms with van der Waals surface area (Å²) in [5.74, 6) is 0. The third kappa shape index (κ3) is 2.53. The molecule has 1 atom stereocenters. The van der Waals surface area contributed by atoms with E-state index in [0.717, 1.165) is 4.83 Å². The first-order valence-electron chi connectivity index (χ1n) is 3.59. The van der Waals surface area contributed by atoms with E-state index in [9.17, 15) is 0 Å². The van der Waals surface area contributed by atoms with Gasteiger partial charge in [0.25, 0.3) is 0 Å². The maximum atomic E-state index is 3.63. The molecule has 0 radical (unpaired) electrons. The lowest BCUT2D eigenvalue weighted by molar-refractivity contribution is 0.740. The Bertz CT molecular complexity index is 116. The Morgan fingerprint density at radius 2 is 2.33 bits per heavy atom. The van der Waals surface area contributed by atoms with Gasteiger partial charge in [-0.3, -0.25) is 0 Å². The van der Waals surface area contributed by atoms with Crippen LogP contribution in [0, 0.1) is 0 Å². The maximum absolute atomic E-state index is 3.63. The van der Waals surface area contributed by atoms with E-state index in [-0.39, 0.29) is 0 Å². The van der Waals surface area contributed by atoms with Crippen LogP contribution >= 0.6 is 15.9 Å². The van der Waals surface area contributed by atoms with E-state index < -0.39 is 0 Å². The highest BCUT2D eigenvalue weighted by Gasteiger charge is 2.06. The molecular weight excluding hydrogens is 176 g/mol. The van der Waals surface area contributed by atoms with E-state index in [4.69, 9.17) is 0 Å². The third-order valence-corrected chi connectivity index (χ3v) is 2.74. The minimum atomic E-state index is 0.770. The number of hydrogen-bond donors (Lipinski definition) is 0. The molecule has 0 bridgehead atoms. The Morgan fingerprint density at radius 3 is 3.11 bits per heavy atom. The number of hydrogen-bond acceptors (Lipinski definition) is 0. The van der Waals surface area contributed by atoms with Crippen molar-refractivity contribution >= 4 is 15.9 Å². The van der Waals surface area contributed by atoms with Gasteiger partial charge in [0.15, 0.2) is 0 Å². The standard InChI is InChI=1S/C8H13Br/c1-7-3-2-4-8(9)6-5-7/h3,8H,2,4-6H2,1H3. The van der Waals surface area contributed by atoms with Crippen LogP contribution in [0.1, 0.15) is 32.6 Å². The molecule has 0 aromatic heterocycles. The fourth-order valence-corrected chi connectivity index (χ4v) is 1.63. The molecule has 0 fully saturated rings. The zero-order valence-corrected chi connectivity index (χ0v) is 7.45. The van der Waals surface area contributed by atoms with Gasteiger partial charge < -0.3 is 0 Å². The molecule has 9 heavy (non-hydrogen) atoms. The van der Waals surface area contributed by atoms with E-state index in [2.05, 4.69) is 28.9 Å². The average Bonchev–Trinajstić information content (AvgIpc) is 1.97. The summed E-state index contributed by atoms with van der Waals surface area (Å²) < 4.78 is 0. The van der Waals surface area contributed by atoms with Crippen molar-refractivity contribution < 1.29 is 0 Å². The van der Waals surface area contributed by atoms with Crippen LogP contribution < -0.4 is 0 Å². The molecule has 1 unspecified atom stereocenters. The Kier molecular flexibility index (Phi) is 2.77. The summed E-state index contributed by atoms with van der Waals surface area (Å²) in [4.78, 5) is 0.770. The summed E-state index contributed by atoms with van der Waals surface area (Å²) in [5, 5.41) is 0. The number of allylic oxidation sites excluding steroid dienone is 2. The molecule has 0 aliphatic heterocycles. The molecule has 0 aromatic rings. The van der Waals surface area contributed by atoms with Gasteiger partial charge in [0.1, 0.15) is 0 Å². The number of alkyl halides is 1. The topological polar surface area (TPSA) is 0 Å². The highest BCUT2D eigenvalue weighted by molar-refractivity contribution is 9.09. The zero-order chi connectivity index (χ0) is 6.69. The second-order valence-electron chi connectivity index (χ2n) is 2.76. The predicted octanol–water partition coefficient (Wildman–Crippen LogP) is 3.27. The van der Waals surface area contributed by atoms with Crippen molar-refractivity contribution in [2.24, 2.45) is 0 Å². The lowest BCUT2D eigenvalue weighted by atomic mass is 10.2. The summed E-state index contributed by atoms with van der Waals surface area (Å²) in [6, 6.07) is 0. The van der Waals surface area contributed by atoms with Gasteiger partial charge in [0, 0.05) is 4.83 Å². The molecule has 0 heterocycles. The summed E-state index contributed by atoms with van der Waals surface area (Å²) in [6.45, 7) is 2.23. The van der Waals surface area contributed by atoms with E-state index in [0.29, 0.717) is 0 Å². The van der Waals surface area contributed by atoms with Crippen molar-refractivity contribution in [3.05, 3.63) is 11.6 Å². The van der Waals surface area contributed by atoms with E-state index in [1.807, 2.05) is 0 Å². The van der Waals surface area contributed by atoms with Crippen LogP contribution in [-0.2, 0) is 0 Å². The van der Waals surface area contributed by atoms with Gasteiger partial charge in [-0.1, -0.05) is 27.6 Å². The highest BCUT2D eigenvalue weighted by Crippen LogP contribution is 2.22. The van der Waals surface area contributed by atoms with Gasteiger partial charge in [0.2, 0.25) is 0 Å².